The summed E-state index contributed by atoms with van der Waals surface area (Å²) in [6, 6.07) is 2.22. The van der Waals surface area contributed by atoms with Gasteiger partial charge in [-0.05, 0) is 37.8 Å². The summed E-state index contributed by atoms with van der Waals surface area (Å²) in [5, 5.41) is 0. The summed E-state index contributed by atoms with van der Waals surface area (Å²) >= 11 is 0. The van der Waals surface area contributed by atoms with Crippen molar-refractivity contribution in [1.29, 1.82) is 0 Å². The Hall–Kier alpha value is -1.13. The molecular weight excluding hydrogens is 250 g/mol. The number of aromatic nitrogens is 1. The molecule has 1 unspecified atom stereocenters. The van der Waals surface area contributed by atoms with Crippen LogP contribution in [0.4, 0.5) is 0 Å². The van der Waals surface area contributed by atoms with Gasteiger partial charge in [0.1, 0.15) is 5.75 Å². The molecule has 0 spiro atoms. The fourth-order valence-electron chi connectivity index (χ4n) is 3.02. The largest absolute Gasteiger partial charge is 0.489 e. The molecule has 1 heterocycles. The van der Waals surface area contributed by atoms with Gasteiger partial charge in [0.05, 0.1) is 12.3 Å². The highest BCUT2D eigenvalue weighted by atomic mass is 16.5. The molecule has 3 N–H and O–H groups in total. The van der Waals surface area contributed by atoms with Crippen molar-refractivity contribution in [2.45, 2.75) is 64.5 Å². The van der Waals surface area contributed by atoms with E-state index in [2.05, 4.69) is 16.5 Å². The van der Waals surface area contributed by atoms with Crippen LogP contribution in [-0.4, -0.2) is 11.1 Å². The van der Waals surface area contributed by atoms with E-state index in [9.17, 15) is 0 Å². The number of nitrogens with zero attached hydrogens (tertiary/aromatic N) is 1. The van der Waals surface area contributed by atoms with Crippen molar-refractivity contribution < 1.29 is 4.74 Å². The first kappa shape index (κ1) is 15.3. The molecule has 2 rings (SSSR count). The molecule has 20 heavy (non-hydrogen) atoms. The lowest BCUT2D eigenvalue weighted by Crippen LogP contribution is -2.30. The predicted molar refractivity (Wildman–Crippen MR) is 81.3 cm³/mol. The van der Waals surface area contributed by atoms with Gasteiger partial charge in [0.25, 0.3) is 0 Å². The number of pyridine rings is 1. The zero-order chi connectivity index (χ0) is 14.4. The Morgan fingerprint density at radius 1 is 1.30 bits per heavy atom. The van der Waals surface area contributed by atoms with Gasteiger partial charge in [0.15, 0.2) is 0 Å². The van der Waals surface area contributed by atoms with Gasteiger partial charge in [-0.25, -0.2) is 0 Å². The van der Waals surface area contributed by atoms with E-state index in [1.807, 2.05) is 20.0 Å². The van der Waals surface area contributed by atoms with Crippen molar-refractivity contribution in [2.75, 3.05) is 0 Å². The summed E-state index contributed by atoms with van der Waals surface area (Å²) in [5.41, 5.74) is 4.07. The molecule has 4 heteroatoms. The van der Waals surface area contributed by atoms with Crippen LogP contribution in [0.25, 0.3) is 0 Å². The second kappa shape index (κ2) is 7.60. The van der Waals surface area contributed by atoms with Crippen LogP contribution in [0.15, 0.2) is 18.5 Å². The summed E-state index contributed by atoms with van der Waals surface area (Å²) in [7, 11) is 0. The number of nitrogens with one attached hydrogen (secondary N) is 1. The monoisotopic (exact) mass is 277 g/mol. The van der Waals surface area contributed by atoms with Crippen LogP contribution < -0.4 is 16.0 Å². The topological polar surface area (TPSA) is 60.2 Å². The van der Waals surface area contributed by atoms with Crippen LogP contribution in [0.5, 0.6) is 5.75 Å². The van der Waals surface area contributed by atoms with Crippen molar-refractivity contribution in [2.24, 2.45) is 11.8 Å². The molecule has 0 aliphatic heterocycles. The minimum absolute atomic E-state index is 0.162. The number of hydrazine groups is 1. The highest BCUT2D eigenvalue weighted by molar-refractivity contribution is 5.26. The molecule has 1 aromatic heterocycles. The third kappa shape index (κ3) is 4.46. The molecule has 4 nitrogen and oxygen atoms in total. The Kier molecular flexibility index (Phi) is 5.80. The fourth-order valence-corrected chi connectivity index (χ4v) is 3.02. The second-order valence-electron chi connectivity index (χ2n) is 6.08. The van der Waals surface area contributed by atoms with E-state index in [-0.39, 0.29) is 12.1 Å². The van der Waals surface area contributed by atoms with Gasteiger partial charge in [-0.15, -0.1) is 0 Å². The minimum atomic E-state index is 0.162. The van der Waals surface area contributed by atoms with E-state index in [0.717, 1.165) is 23.7 Å². The minimum Gasteiger partial charge on any atom is -0.489 e. The van der Waals surface area contributed by atoms with Crippen LogP contribution >= 0.6 is 0 Å². The second-order valence-corrected chi connectivity index (χ2v) is 6.08. The Morgan fingerprint density at radius 3 is 2.70 bits per heavy atom. The summed E-state index contributed by atoms with van der Waals surface area (Å²) in [5.74, 6) is 7.35. The average molecular weight is 277 g/mol. The van der Waals surface area contributed by atoms with Crippen molar-refractivity contribution in [1.82, 2.24) is 10.4 Å². The van der Waals surface area contributed by atoms with E-state index in [0.29, 0.717) is 0 Å². The molecule has 0 bridgehead atoms. The predicted octanol–water partition coefficient (Wildman–Crippen LogP) is 3.34. The number of ether oxygens (including phenoxy) is 1. The standard InChI is InChI=1S/C16H27N3O/c1-12(2)20-15-9-14(10-18-11-15)16(19-17)8-13-6-4-3-5-7-13/h9-13,16,19H,3-8,17H2,1-2H3. The molecule has 112 valence electrons. The van der Waals surface area contributed by atoms with Gasteiger partial charge < -0.3 is 4.74 Å². The molecule has 1 aliphatic carbocycles. The Morgan fingerprint density at radius 2 is 2.05 bits per heavy atom. The van der Waals surface area contributed by atoms with E-state index < -0.39 is 0 Å². The molecule has 1 aliphatic rings. The number of hydrogen-bond acceptors (Lipinski definition) is 4. The smallest absolute Gasteiger partial charge is 0.138 e. The van der Waals surface area contributed by atoms with E-state index in [4.69, 9.17) is 10.6 Å². The van der Waals surface area contributed by atoms with Crippen molar-refractivity contribution in [3.05, 3.63) is 24.0 Å². The van der Waals surface area contributed by atoms with Crippen LogP contribution in [0.1, 0.15) is 64.0 Å². The summed E-state index contributed by atoms with van der Waals surface area (Å²) in [6.45, 7) is 4.04. The molecule has 0 amide bonds. The molecule has 1 fully saturated rings. The van der Waals surface area contributed by atoms with Gasteiger partial charge in [0.2, 0.25) is 0 Å². The van der Waals surface area contributed by atoms with Crippen LogP contribution in [0.2, 0.25) is 0 Å². The quantitative estimate of drug-likeness (QED) is 0.618. The maximum atomic E-state index is 5.75. The zero-order valence-electron chi connectivity index (χ0n) is 12.6. The first-order valence-electron chi connectivity index (χ1n) is 7.76. The fraction of sp³-hybridized carbons (Fsp3) is 0.688. The van der Waals surface area contributed by atoms with Crippen molar-refractivity contribution in [3.63, 3.8) is 0 Å². The maximum Gasteiger partial charge on any atom is 0.138 e. The van der Waals surface area contributed by atoms with Gasteiger partial charge in [-0.2, -0.15) is 0 Å². The van der Waals surface area contributed by atoms with E-state index in [1.54, 1.807) is 6.20 Å². The molecule has 1 atom stereocenters. The molecule has 0 radical (unpaired) electrons. The van der Waals surface area contributed by atoms with E-state index in [1.165, 1.54) is 32.1 Å². The number of rotatable bonds is 6. The highest BCUT2D eigenvalue weighted by Crippen LogP contribution is 2.32. The van der Waals surface area contributed by atoms with Crippen molar-refractivity contribution >= 4 is 0 Å². The molecule has 1 saturated carbocycles. The first-order valence-corrected chi connectivity index (χ1v) is 7.76. The summed E-state index contributed by atoms with van der Waals surface area (Å²) in [4.78, 5) is 4.28. The average Bonchev–Trinajstić information content (AvgIpc) is 2.45. The maximum absolute atomic E-state index is 5.75. The molecule has 0 aromatic carbocycles. The summed E-state index contributed by atoms with van der Waals surface area (Å²) < 4.78 is 5.71. The normalized spacial score (nSPS) is 18.2. The molecular formula is C16H27N3O. The van der Waals surface area contributed by atoms with Gasteiger partial charge in [-0.3, -0.25) is 16.3 Å². The van der Waals surface area contributed by atoms with Gasteiger partial charge in [-0.1, -0.05) is 32.1 Å². The highest BCUT2D eigenvalue weighted by Gasteiger charge is 2.20. The van der Waals surface area contributed by atoms with Gasteiger partial charge in [0, 0.05) is 12.2 Å². The van der Waals surface area contributed by atoms with Crippen molar-refractivity contribution in [3.8, 4) is 5.75 Å². The third-order valence-corrected chi connectivity index (χ3v) is 4.00. The lowest BCUT2D eigenvalue weighted by atomic mass is 9.84. The third-order valence-electron chi connectivity index (χ3n) is 4.00. The SMILES string of the molecule is CC(C)Oc1cncc(C(CC2CCCCC2)NN)c1. The van der Waals surface area contributed by atoms with Gasteiger partial charge >= 0.3 is 0 Å². The number of hydrogen-bond donors (Lipinski definition) is 2. The lowest BCUT2D eigenvalue weighted by molar-refractivity contribution is 0.240. The van der Waals surface area contributed by atoms with E-state index >= 15 is 0 Å². The molecule has 0 saturated heterocycles. The number of nitrogens with two attached hydrogens (primary N) is 1. The van der Waals surface area contributed by atoms with Crippen LogP contribution in [0.3, 0.4) is 0 Å². The Labute approximate surface area is 122 Å². The summed E-state index contributed by atoms with van der Waals surface area (Å²) in [6.07, 6.45) is 11.7. The van der Waals surface area contributed by atoms with Crippen LogP contribution in [0, 0.1) is 5.92 Å². The zero-order valence-corrected chi connectivity index (χ0v) is 12.6. The Balaban J connectivity index is 2.02. The van der Waals surface area contributed by atoms with Crippen LogP contribution in [-0.2, 0) is 0 Å². The lowest BCUT2D eigenvalue weighted by Gasteiger charge is -2.26. The molecule has 1 aromatic rings. The Bertz CT molecular complexity index is 402. The first-order chi connectivity index (χ1) is 9.69.